The summed E-state index contributed by atoms with van der Waals surface area (Å²) in [5.74, 6) is 0. The zero-order valence-electron chi connectivity index (χ0n) is 10.4. The molecule has 0 unspecified atom stereocenters. The van der Waals surface area contributed by atoms with Gasteiger partial charge in [0, 0.05) is 0 Å². The maximum atomic E-state index is 12.2. The zero-order valence-corrected chi connectivity index (χ0v) is 15.9. The molecule has 0 saturated heterocycles. The molecule has 0 amide bonds. The first kappa shape index (κ1) is 11.4. The number of fused-ring (bicyclic) bond motifs is 5. The second-order valence-corrected chi connectivity index (χ2v) is 8.20. The fourth-order valence-electron chi connectivity index (χ4n) is 2.98. The number of rotatable bonds is 0. The van der Waals surface area contributed by atoms with Gasteiger partial charge in [0.1, 0.15) is 0 Å². The first-order valence-electron chi connectivity index (χ1n) is 6.33. The van der Waals surface area contributed by atoms with E-state index in [4.69, 9.17) is 0 Å². The third kappa shape index (κ3) is 1.63. The van der Waals surface area contributed by atoms with Gasteiger partial charge >= 0.3 is 127 Å². The molecule has 87 valence electrons. The van der Waals surface area contributed by atoms with Crippen molar-refractivity contribution in [2.45, 2.75) is 6.42 Å². The fourth-order valence-corrected chi connectivity index (χ4v) is 4.39. The summed E-state index contributed by atoms with van der Waals surface area (Å²) in [6.45, 7) is 0. The molecule has 0 spiro atoms. The Hall–Kier alpha value is -1.41. The Morgan fingerprint density at radius 1 is 1.05 bits per heavy atom. The number of aromatic nitrogens is 1. The van der Waals surface area contributed by atoms with Gasteiger partial charge in [-0.2, -0.15) is 0 Å². The van der Waals surface area contributed by atoms with Gasteiger partial charge in [-0.05, 0) is 0 Å². The van der Waals surface area contributed by atoms with Crippen LogP contribution in [0.4, 0.5) is 0 Å². The first-order chi connectivity index (χ1) is 9.24. The molecule has 1 N–H and O–H groups in total. The van der Waals surface area contributed by atoms with E-state index in [1.807, 2.05) is 18.2 Å². The van der Waals surface area contributed by atoms with Gasteiger partial charge in [0.25, 0.3) is 0 Å². The topological polar surface area (TPSA) is 32.9 Å². The fraction of sp³-hybridized carbons (Fsp3) is 0.0625. The average molecular weight is 433 g/mol. The Balaban J connectivity index is 2.13. The van der Waals surface area contributed by atoms with Crippen LogP contribution in [-0.4, -0.2) is 4.98 Å². The Morgan fingerprint density at radius 3 is 2.68 bits per heavy atom. The van der Waals surface area contributed by atoms with Gasteiger partial charge in [0.2, 0.25) is 0 Å². The van der Waals surface area contributed by atoms with Crippen LogP contribution < -0.4 is 8.63 Å². The van der Waals surface area contributed by atoms with Gasteiger partial charge in [-0.25, -0.2) is 0 Å². The molecule has 19 heavy (non-hydrogen) atoms. The number of pyridine rings is 1. The molecule has 0 aliphatic heterocycles. The van der Waals surface area contributed by atoms with Crippen molar-refractivity contribution in [3.05, 3.63) is 63.9 Å². The number of hydrogen-bond acceptors (Lipinski definition) is 1. The molecular formula is C16H10HgNO. The number of H-pyrrole nitrogens is 1. The standard InChI is InChI=1S/C16H10NO.Hg/c18-16-13-8-4-3-7-12(13)14-9-10-5-1-2-6-11(10)15(14)17-16;/h2-8H,9H2,(H,17,18);. The zero-order chi connectivity index (χ0) is 13.0. The quantitative estimate of drug-likeness (QED) is 0.425. The van der Waals surface area contributed by atoms with E-state index in [0.717, 1.165) is 22.9 Å². The molecule has 0 bridgehead atoms. The first-order valence-corrected chi connectivity index (χ1v) is 9.08. The summed E-state index contributed by atoms with van der Waals surface area (Å²) in [6, 6.07) is 14.5. The van der Waals surface area contributed by atoms with Crippen LogP contribution in [-0.2, 0) is 32.5 Å². The molecule has 0 fully saturated rings. The van der Waals surface area contributed by atoms with Crippen LogP contribution >= 0.6 is 0 Å². The monoisotopic (exact) mass is 434 g/mol. The predicted molar refractivity (Wildman–Crippen MR) is 72.4 cm³/mol. The molecule has 0 saturated carbocycles. The minimum atomic E-state index is 0.0147. The molecule has 3 heteroatoms. The van der Waals surface area contributed by atoms with Gasteiger partial charge in [-0.15, -0.1) is 0 Å². The Kier molecular flexibility index (Phi) is 2.43. The summed E-state index contributed by atoms with van der Waals surface area (Å²) in [5, 5.41) is 1.89. The van der Waals surface area contributed by atoms with E-state index in [2.05, 4.69) is 29.2 Å². The molecular weight excluding hydrogens is 423 g/mol. The molecule has 0 radical (unpaired) electrons. The van der Waals surface area contributed by atoms with Gasteiger partial charge in [-0.1, -0.05) is 0 Å². The summed E-state index contributed by atoms with van der Waals surface area (Å²) in [6.07, 6.45) is 0.938. The molecule has 4 rings (SSSR count). The summed E-state index contributed by atoms with van der Waals surface area (Å²) < 4.78 is 1.46. The van der Waals surface area contributed by atoms with Crippen LogP contribution in [0.1, 0.15) is 11.1 Å². The Morgan fingerprint density at radius 2 is 1.84 bits per heavy atom. The van der Waals surface area contributed by atoms with Gasteiger partial charge < -0.3 is 0 Å². The second kappa shape index (κ2) is 4.04. The van der Waals surface area contributed by atoms with Crippen molar-refractivity contribution < 1.29 is 26.1 Å². The van der Waals surface area contributed by atoms with Crippen molar-refractivity contribution in [2.24, 2.45) is 0 Å². The van der Waals surface area contributed by atoms with Crippen LogP contribution in [0, 0.1) is 0 Å². The van der Waals surface area contributed by atoms with E-state index >= 15 is 0 Å². The normalized spacial score (nSPS) is 12.5. The van der Waals surface area contributed by atoms with Crippen molar-refractivity contribution >= 4 is 13.8 Å². The Bertz CT molecular complexity index is 880. The van der Waals surface area contributed by atoms with E-state index in [9.17, 15) is 4.79 Å². The molecule has 1 aliphatic rings. The summed E-state index contributed by atoms with van der Waals surface area (Å²) in [5.41, 5.74) is 4.86. The van der Waals surface area contributed by atoms with Gasteiger partial charge in [0.15, 0.2) is 0 Å². The number of benzene rings is 2. The minimum absolute atomic E-state index is 0.0147. The van der Waals surface area contributed by atoms with E-state index < -0.39 is 0 Å². The summed E-state index contributed by atoms with van der Waals surface area (Å²) >= 11 is 0.649. The van der Waals surface area contributed by atoms with Crippen LogP contribution in [0.25, 0.3) is 22.0 Å². The van der Waals surface area contributed by atoms with Crippen LogP contribution in [0.5, 0.6) is 0 Å². The summed E-state index contributed by atoms with van der Waals surface area (Å²) in [7, 11) is 0. The molecule has 1 aliphatic carbocycles. The van der Waals surface area contributed by atoms with Crippen molar-refractivity contribution in [1.82, 2.24) is 4.98 Å². The molecule has 3 aromatic rings. The number of hydrogen-bond donors (Lipinski definition) is 1. The molecule has 1 heterocycles. The van der Waals surface area contributed by atoms with Crippen molar-refractivity contribution in [2.75, 3.05) is 0 Å². The van der Waals surface area contributed by atoms with Crippen LogP contribution in [0.15, 0.2) is 47.3 Å². The van der Waals surface area contributed by atoms with E-state index in [0.29, 0.717) is 26.1 Å². The van der Waals surface area contributed by atoms with E-state index in [-0.39, 0.29) is 5.56 Å². The van der Waals surface area contributed by atoms with Gasteiger partial charge in [0.05, 0.1) is 0 Å². The van der Waals surface area contributed by atoms with Crippen molar-refractivity contribution in [1.29, 1.82) is 0 Å². The van der Waals surface area contributed by atoms with Gasteiger partial charge in [-0.3, -0.25) is 0 Å². The molecule has 1 aromatic heterocycles. The summed E-state index contributed by atoms with van der Waals surface area (Å²) in [4.78, 5) is 15.2. The average Bonchev–Trinajstić information content (AvgIpc) is 2.77. The molecule has 2 aromatic carbocycles. The Labute approximate surface area is 126 Å². The van der Waals surface area contributed by atoms with E-state index in [1.54, 1.807) is 0 Å². The van der Waals surface area contributed by atoms with Crippen molar-refractivity contribution in [3.8, 4) is 11.3 Å². The van der Waals surface area contributed by atoms with Crippen molar-refractivity contribution in [3.63, 3.8) is 0 Å². The third-order valence-corrected chi connectivity index (χ3v) is 5.55. The van der Waals surface area contributed by atoms with Crippen LogP contribution in [0.2, 0.25) is 0 Å². The number of nitrogens with one attached hydrogen (secondary N) is 1. The number of aromatic amines is 1. The SMILES string of the molecule is O=c1[nH]c2c(c3ccccc13)Cc1c[c]([Hg])ccc1-2. The maximum absolute atomic E-state index is 12.2. The third-order valence-electron chi connectivity index (χ3n) is 3.84. The van der Waals surface area contributed by atoms with E-state index in [1.165, 1.54) is 19.8 Å². The predicted octanol–water partition coefficient (Wildman–Crippen LogP) is 2.27. The van der Waals surface area contributed by atoms with Crippen LogP contribution in [0.3, 0.4) is 0 Å². The molecule has 0 atom stereocenters. The molecule has 2 nitrogen and oxygen atoms in total. The second-order valence-electron chi connectivity index (χ2n) is 5.02.